The van der Waals surface area contributed by atoms with Gasteiger partial charge >= 0.3 is 0 Å². The van der Waals surface area contributed by atoms with E-state index < -0.39 is 0 Å². The summed E-state index contributed by atoms with van der Waals surface area (Å²) >= 11 is 0. The van der Waals surface area contributed by atoms with Crippen LogP contribution in [0.3, 0.4) is 0 Å². The lowest BCUT2D eigenvalue weighted by Gasteiger charge is -2.09. The maximum atomic E-state index is 5.84. The molecule has 2 heterocycles. The van der Waals surface area contributed by atoms with Crippen molar-refractivity contribution in [3.8, 4) is 5.75 Å². The molecule has 0 aliphatic rings. The molecule has 7 heteroatoms. The summed E-state index contributed by atoms with van der Waals surface area (Å²) in [7, 11) is 0. The highest BCUT2D eigenvalue weighted by atomic mass is 16.5. The van der Waals surface area contributed by atoms with E-state index in [0.717, 1.165) is 18.6 Å². The van der Waals surface area contributed by atoms with Crippen molar-refractivity contribution in [3.05, 3.63) is 42.2 Å². The number of nitrogens with two attached hydrogens (primary N) is 1. The molecule has 2 aromatic heterocycles. The van der Waals surface area contributed by atoms with E-state index >= 15 is 0 Å². The molecule has 120 valence electrons. The number of hydrogen-bond acceptors (Lipinski definition) is 6. The third-order valence-electron chi connectivity index (χ3n) is 3.46. The average Bonchev–Trinajstić information content (AvgIpc) is 3.02. The highest BCUT2D eigenvalue weighted by molar-refractivity contribution is 5.53. The van der Waals surface area contributed by atoms with E-state index in [1.54, 1.807) is 10.5 Å². The Morgan fingerprint density at radius 3 is 2.87 bits per heavy atom. The van der Waals surface area contributed by atoms with Crippen molar-refractivity contribution in [2.75, 3.05) is 24.2 Å². The largest absolute Gasteiger partial charge is 0.492 e. The smallest absolute Gasteiger partial charge is 0.209 e. The molecule has 0 bridgehead atoms. The number of nitrogen functional groups attached to an aromatic ring is 1. The van der Waals surface area contributed by atoms with Crippen LogP contribution in [0.2, 0.25) is 0 Å². The van der Waals surface area contributed by atoms with Gasteiger partial charge in [0, 0.05) is 6.07 Å². The molecule has 0 spiro atoms. The standard InChI is InChI=1S/C16H20N6O/c1-2-3-12-4-6-13(7-5-12)23-9-8-18-14-10-15-21-19-11-22(15)16(17)20-14/h4-7,10-11,18H,2-3,8-9H2,1H3,(H2,17,20). The van der Waals surface area contributed by atoms with E-state index in [-0.39, 0.29) is 0 Å². The third kappa shape index (κ3) is 3.68. The minimum absolute atomic E-state index is 0.349. The molecule has 0 radical (unpaired) electrons. The second-order valence-corrected chi connectivity index (χ2v) is 5.23. The van der Waals surface area contributed by atoms with Crippen molar-refractivity contribution in [2.45, 2.75) is 19.8 Å². The molecule has 0 fully saturated rings. The summed E-state index contributed by atoms with van der Waals surface area (Å²) in [6.07, 6.45) is 3.78. The molecule has 0 atom stereocenters. The lowest BCUT2D eigenvalue weighted by atomic mass is 10.1. The van der Waals surface area contributed by atoms with Crippen LogP contribution in [0.15, 0.2) is 36.7 Å². The van der Waals surface area contributed by atoms with Gasteiger partial charge < -0.3 is 15.8 Å². The van der Waals surface area contributed by atoms with Crippen molar-refractivity contribution in [1.82, 2.24) is 19.6 Å². The molecular weight excluding hydrogens is 292 g/mol. The number of benzene rings is 1. The van der Waals surface area contributed by atoms with Gasteiger partial charge in [0.15, 0.2) is 5.65 Å². The zero-order valence-electron chi connectivity index (χ0n) is 13.1. The number of hydrogen-bond donors (Lipinski definition) is 2. The van der Waals surface area contributed by atoms with Crippen molar-refractivity contribution in [2.24, 2.45) is 0 Å². The average molecular weight is 312 g/mol. The molecule has 1 aromatic carbocycles. The Hall–Kier alpha value is -2.83. The number of ether oxygens (including phenoxy) is 1. The highest BCUT2D eigenvalue weighted by Gasteiger charge is 2.04. The summed E-state index contributed by atoms with van der Waals surface area (Å²) in [5, 5.41) is 10.9. The van der Waals surface area contributed by atoms with E-state index in [1.807, 2.05) is 12.1 Å². The monoisotopic (exact) mass is 312 g/mol. The van der Waals surface area contributed by atoms with Crippen molar-refractivity contribution < 1.29 is 4.74 Å². The first-order chi connectivity index (χ1) is 11.3. The van der Waals surface area contributed by atoms with Gasteiger partial charge in [-0.1, -0.05) is 25.5 Å². The van der Waals surface area contributed by atoms with Crippen LogP contribution in [0.1, 0.15) is 18.9 Å². The number of rotatable bonds is 7. The fourth-order valence-corrected chi connectivity index (χ4v) is 2.33. The molecule has 23 heavy (non-hydrogen) atoms. The zero-order valence-corrected chi connectivity index (χ0v) is 13.1. The van der Waals surface area contributed by atoms with Gasteiger partial charge in [-0.05, 0) is 24.1 Å². The number of nitrogens with zero attached hydrogens (tertiary/aromatic N) is 4. The maximum Gasteiger partial charge on any atom is 0.209 e. The van der Waals surface area contributed by atoms with Crippen molar-refractivity contribution in [1.29, 1.82) is 0 Å². The molecule has 3 N–H and O–H groups in total. The van der Waals surface area contributed by atoms with Gasteiger partial charge in [0.1, 0.15) is 24.5 Å². The Kier molecular flexibility index (Phi) is 4.56. The summed E-state index contributed by atoms with van der Waals surface area (Å²) in [5.74, 6) is 1.87. The van der Waals surface area contributed by atoms with Gasteiger partial charge in [-0.3, -0.25) is 4.40 Å². The highest BCUT2D eigenvalue weighted by Crippen LogP contribution is 2.14. The molecule has 0 saturated heterocycles. The Labute approximate surface area is 134 Å². The van der Waals surface area contributed by atoms with Gasteiger partial charge in [-0.25, -0.2) is 0 Å². The van der Waals surface area contributed by atoms with Crippen LogP contribution in [0.5, 0.6) is 5.75 Å². The molecular formula is C16H20N6O. The molecule has 3 aromatic rings. The first-order valence-corrected chi connectivity index (χ1v) is 7.68. The second-order valence-electron chi connectivity index (χ2n) is 5.23. The molecule has 7 nitrogen and oxygen atoms in total. The summed E-state index contributed by atoms with van der Waals surface area (Å²) in [6, 6.07) is 10.0. The Balaban J connectivity index is 1.50. The minimum Gasteiger partial charge on any atom is -0.492 e. The fourth-order valence-electron chi connectivity index (χ4n) is 2.33. The number of aryl methyl sites for hydroxylation is 1. The molecule has 0 aliphatic carbocycles. The summed E-state index contributed by atoms with van der Waals surface area (Å²) in [5.41, 5.74) is 7.83. The van der Waals surface area contributed by atoms with E-state index in [1.165, 1.54) is 11.9 Å². The predicted octanol–water partition coefficient (Wildman–Crippen LogP) is 2.15. The Morgan fingerprint density at radius 1 is 1.26 bits per heavy atom. The lowest BCUT2D eigenvalue weighted by Crippen LogP contribution is -2.13. The van der Waals surface area contributed by atoms with Gasteiger partial charge in [-0.2, -0.15) is 4.98 Å². The fraction of sp³-hybridized carbons (Fsp3) is 0.312. The number of aromatic nitrogens is 4. The maximum absolute atomic E-state index is 5.84. The van der Waals surface area contributed by atoms with Crippen LogP contribution in [0.4, 0.5) is 11.8 Å². The molecule has 3 rings (SSSR count). The number of fused-ring (bicyclic) bond motifs is 1. The SMILES string of the molecule is CCCc1ccc(OCCNc2cc3nncn3c(N)n2)cc1. The van der Waals surface area contributed by atoms with E-state index in [4.69, 9.17) is 10.5 Å². The second kappa shape index (κ2) is 6.95. The topological polar surface area (TPSA) is 90.4 Å². The van der Waals surface area contributed by atoms with E-state index in [0.29, 0.717) is 30.6 Å². The van der Waals surface area contributed by atoms with Crippen molar-refractivity contribution in [3.63, 3.8) is 0 Å². The predicted molar refractivity (Wildman–Crippen MR) is 89.6 cm³/mol. The molecule has 0 aliphatic heterocycles. The van der Waals surface area contributed by atoms with E-state index in [9.17, 15) is 0 Å². The molecule has 0 unspecified atom stereocenters. The lowest BCUT2D eigenvalue weighted by molar-refractivity contribution is 0.332. The van der Waals surface area contributed by atoms with Crippen LogP contribution < -0.4 is 15.8 Å². The molecule has 0 saturated carbocycles. The Bertz CT molecular complexity index is 768. The quantitative estimate of drug-likeness (QED) is 0.650. The number of anilines is 2. The molecule has 0 amide bonds. The van der Waals surface area contributed by atoms with Crippen LogP contribution in [0.25, 0.3) is 5.65 Å². The summed E-state index contributed by atoms with van der Waals surface area (Å²) in [6.45, 7) is 3.33. The van der Waals surface area contributed by atoms with Gasteiger partial charge in [0.25, 0.3) is 0 Å². The van der Waals surface area contributed by atoms with Crippen LogP contribution in [0, 0.1) is 0 Å². The normalized spacial score (nSPS) is 10.8. The minimum atomic E-state index is 0.349. The van der Waals surface area contributed by atoms with Gasteiger partial charge in [0.2, 0.25) is 5.95 Å². The summed E-state index contributed by atoms with van der Waals surface area (Å²) in [4.78, 5) is 4.24. The zero-order chi connectivity index (χ0) is 16.1. The summed E-state index contributed by atoms with van der Waals surface area (Å²) < 4.78 is 7.33. The van der Waals surface area contributed by atoms with Crippen LogP contribution >= 0.6 is 0 Å². The third-order valence-corrected chi connectivity index (χ3v) is 3.46. The van der Waals surface area contributed by atoms with Crippen LogP contribution in [-0.2, 0) is 6.42 Å². The first kappa shape index (κ1) is 15.1. The van der Waals surface area contributed by atoms with E-state index in [2.05, 4.69) is 39.6 Å². The number of nitrogens with one attached hydrogen (secondary N) is 1. The van der Waals surface area contributed by atoms with Crippen LogP contribution in [-0.4, -0.2) is 32.7 Å². The van der Waals surface area contributed by atoms with Gasteiger partial charge in [-0.15, -0.1) is 10.2 Å². The Morgan fingerprint density at radius 2 is 2.09 bits per heavy atom. The van der Waals surface area contributed by atoms with Gasteiger partial charge in [0.05, 0.1) is 6.54 Å². The van der Waals surface area contributed by atoms with Crippen molar-refractivity contribution >= 4 is 17.4 Å². The first-order valence-electron chi connectivity index (χ1n) is 7.68.